The lowest BCUT2D eigenvalue weighted by molar-refractivity contribution is 0.618. The number of benzene rings is 2. The van der Waals surface area contributed by atoms with Crippen molar-refractivity contribution in [3.8, 4) is 0 Å². The highest BCUT2D eigenvalue weighted by molar-refractivity contribution is 7.98. The van der Waals surface area contributed by atoms with Gasteiger partial charge >= 0.3 is 0 Å². The average Bonchev–Trinajstić information content (AvgIpc) is 2.35. The lowest BCUT2D eigenvalue weighted by Gasteiger charge is -2.05. The molecule has 0 atom stereocenters. The van der Waals surface area contributed by atoms with E-state index in [0.717, 1.165) is 10.5 Å². The largest absolute Gasteiger partial charge is 0.208 e. The minimum atomic E-state index is -0.190. The minimum Gasteiger partial charge on any atom is -0.208 e. The van der Waals surface area contributed by atoms with Crippen molar-refractivity contribution in [1.82, 2.24) is 0 Å². The lowest BCUT2D eigenvalue weighted by Crippen LogP contribution is -2.06. The monoisotopic (exact) mass is 262 g/mol. The van der Waals surface area contributed by atoms with Crippen molar-refractivity contribution < 1.29 is 8.78 Å². The Labute approximate surface area is 111 Å². The van der Waals surface area contributed by atoms with Gasteiger partial charge in [-0.25, -0.2) is 8.78 Å². The van der Waals surface area contributed by atoms with Crippen LogP contribution in [0.25, 0.3) is 0 Å². The van der Waals surface area contributed by atoms with Gasteiger partial charge in [-0.15, -0.1) is 11.8 Å². The van der Waals surface area contributed by atoms with Crippen molar-refractivity contribution in [3.63, 3.8) is 0 Å². The smallest absolute Gasteiger partial charge is 0.143 e. The molecule has 0 aliphatic carbocycles. The summed E-state index contributed by atoms with van der Waals surface area (Å²) in [6.07, 6.45) is 0. The summed E-state index contributed by atoms with van der Waals surface area (Å²) in [4.78, 5) is 0.889. The predicted molar refractivity (Wildman–Crippen MR) is 75.3 cm³/mol. The van der Waals surface area contributed by atoms with Gasteiger partial charge in [-0.2, -0.15) is 0 Å². The highest BCUT2D eigenvalue weighted by Gasteiger charge is 2.02. The van der Waals surface area contributed by atoms with Crippen molar-refractivity contribution in [2.24, 2.45) is 0 Å². The van der Waals surface area contributed by atoms with Crippen molar-refractivity contribution in [1.29, 1.82) is 0 Å². The summed E-state index contributed by atoms with van der Waals surface area (Å²) in [5, 5.41) is 0. The molecule has 0 aliphatic rings. The maximum Gasteiger partial charge on any atom is 0.143 e. The molecule has 0 spiro atoms. The topological polar surface area (TPSA) is 0 Å². The van der Waals surface area contributed by atoms with Crippen molar-refractivity contribution in [3.05, 3.63) is 59.2 Å². The van der Waals surface area contributed by atoms with E-state index < -0.39 is 0 Å². The second-order valence-electron chi connectivity index (χ2n) is 4.28. The first-order valence-electron chi connectivity index (χ1n) is 5.70. The van der Waals surface area contributed by atoms with Gasteiger partial charge in [0.05, 0.1) is 0 Å². The Balaban J connectivity index is 2.06. The molecule has 0 saturated heterocycles. The van der Waals surface area contributed by atoms with Crippen LogP contribution in [-0.2, 0) is 5.75 Å². The van der Waals surface area contributed by atoms with Crippen LogP contribution in [0.5, 0.6) is 0 Å². The molecule has 4 heteroatoms. The molecule has 0 amide bonds. The van der Waals surface area contributed by atoms with E-state index in [9.17, 15) is 8.78 Å². The Morgan fingerprint density at radius 1 is 1.06 bits per heavy atom. The molecule has 0 saturated carbocycles. The van der Waals surface area contributed by atoms with Crippen LogP contribution in [0, 0.1) is 18.6 Å². The van der Waals surface area contributed by atoms with Gasteiger partial charge in [0.15, 0.2) is 0 Å². The van der Waals surface area contributed by atoms with Gasteiger partial charge < -0.3 is 0 Å². The fourth-order valence-corrected chi connectivity index (χ4v) is 2.49. The zero-order valence-electron chi connectivity index (χ0n) is 10.3. The van der Waals surface area contributed by atoms with Crippen LogP contribution >= 0.6 is 11.8 Å². The standard InChI is InChI=1S/C14H13BF2S/c1-9-6-10(2-5-13(9)16)8-18-11-3-4-12(15)14(17)7-11/h2-7H,8,15H2,1H3. The molecule has 92 valence electrons. The van der Waals surface area contributed by atoms with Gasteiger partial charge in [-0.05, 0) is 36.2 Å². The van der Waals surface area contributed by atoms with Crippen molar-refractivity contribution in [2.45, 2.75) is 17.6 Å². The summed E-state index contributed by atoms with van der Waals surface area (Å²) in [5.41, 5.74) is 2.33. The van der Waals surface area contributed by atoms with Gasteiger partial charge in [0.1, 0.15) is 19.5 Å². The van der Waals surface area contributed by atoms with Crippen LogP contribution in [0.3, 0.4) is 0 Å². The summed E-state index contributed by atoms with van der Waals surface area (Å²) in [6, 6.07) is 10.3. The first-order chi connectivity index (χ1) is 8.56. The number of hydrogen-bond donors (Lipinski definition) is 0. The molecule has 0 nitrogen and oxygen atoms in total. The predicted octanol–water partition coefficient (Wildman–Crippen LogP) is 2.82. The highest BCUT2D eigenvalue weighted by Crippen LogP contribution is 2.23. The van der Waals surface area contributed by atoms with Crippen LogP contribution in [0.2, 0.25) is 0 Å². The molecule has 0 fully saturated rings. The zero-order chi connectivity index (χ0) is 13.1. The summed E-state index contributed by atoms with van der Waals surface area (Å²) < 4.78 is 26.5. The Hall–Kier alpha value is -1.29. The van der Waals surface area contributed by atoms with Crippen LogP contribution in [0.1, 0.15) is 11.1 Å². The molecule has 0 N–H and O–H groups in total. The number of rotatable bonds is 3. The SMILES string of the molecule is Bc1ccc(SCc2ccc(F)c(C)c2)cc1F. The average molecular weight is 262 g/mol. The van der Waals surface area contributed by atoms with E-state index >= 15 is 0 Å². The molecule has 0 heterocycles. The number of thioether (sulfide) groups is 1. The Morgan fingerprint density at radius 2 is 1.83 bits per heavy atom. The highest BCUT2D eigenvalue weighted by atomic mass is 32.2. The van der Waals surface area contributed by atoms with Crippen LogP contribution in [0.4, 0.5) is 8.78 Å². The van der Waals surface area contributed by atoms with Gasteiger partial charge in [-0.1, -0.05) is 23.7 Å². The molecule has 0 unspecified atom stereocenters. The maximum absolute atomic E-state index is 13.4. The molecule has 0 bridgehead atoms. The summed E-state index contributed by atoms with van der Waals surface area (Å²) in [5.74, 6) is 0.337. The fraction of sp³-hybridized carbons (Fsp3) is 0.143. The molecular weight excluding hydrogens is 249 g/mol. The first kappa shape index (κ1) is 13.2. The molecule has 18 heavy (non-hydrogen) atoms. The summed E-state index contributed by atoms with van der Waals surface area (Å²) in [6.45, 7) is 1.75. The molecule has 0 aromatic heterocycles. The molecule has 0 radical (unpaired) electrons. The van der Waals surface area contributed by atoms with E-state index in [4.69, 9.17) is 0 Å². The quantitative estimate of drug-likeness (QED) is 0.605. The van der Waals surface area contributed by atoms with E-state index in [-0.39, 0.29) is 11.6 Å². The first-order valence-corrected chi connectivity index (χ1v) is 6.69. The second-order valence-corrected chi connectivity index (χ2v) is 5.33. The Morgan fingerprint density at radius 3 is 2.50 bits per heavy atom. The number of hydrogen-bond acceptors (Lipinski definition) is 1. The number of halogens is 2. The van der Waals surface area contributed by atoms with Gasteiger partial charge in [0, 0.05) is 10.6 Å². The van der Waals surface area contributed by atoms with Gasteiger partial charge in [0.25, 0.3) is 0 Å². The molecular formula is C14H13BF2S. The van der Waals surface area contributed by atoms with E-state index in [1.165, 1.54) is 12.1 Å². The number of aryl methyl sites for hydroxylation is 1. The molecule has 0 aliphatic heterocycles. The molecule has 2 aromatic rings. The van der Waals surface area contributed by atoms with E-state index in [0.29, 0.717) is 16.8 Å². The van der Waals surface area contributed by atoms with Crippen molar-refractivity contribution >= 4 is 25.1 Å². The summed E-state index contributed by atoms with van der Waals surface area (Å²) in [7, 11) is 1.74. The van der Waals surface area contributed by atoms with Crippen LogP contribution in [-0.4, -0.2) is 7.85 Å². The molecule has 2 rings (SSSR count). The van der Waals surface area contributed by atoms with E-state index in [1.807, 2.05) is 12.1 Å². The third-order valence-corrected chi connectivity index (χ3v) is 3.84. The zero-order valence-corrected chi connectivity index (χ0v) is 11.2. The third-order valence-electron chi connectivity index (χ3n) is 2.77. The summed E-state index contributed by atoms with van der Waals surface area (Å²) >= 11 is 1.55. The molecule has 2 aromatic carbocycles. The third kappa shape index (κ3) is 3.13. The minimum absolute atomic E-state index is 0.185. The van der Waals surface area contributed by atoms with Crippen LogP contribution in [0.15, 0.2) is 41.3 Å². The van der Waals surface area contributed by atoms with Gasteiger partial charge in [-0.3, -0.25) is 0 Å². The fourth-order valence-electron chi connectivity index (χ4n) is 1.63. The van der Waals surface area contributed by atoms with E-state index in [1.54, 1.807) is 38.7 Å². The van der Waals surface area contributed by atoms with Crippen LogP contribution < -0.4 is 5.46 Å². The van der Waals surface area contributed by atoms with E-state index in [2.05, 4.69) is 0 Å². The Bertz CT molecular complexity index is 518. The second kappa shape index (κ2) is 5.57. The maximum atomic E-state index is 13.4. The van der Waals surface area contributed by atoms with Crippen molar-refractivity contribution in [2.75, 3.05) is 0 Å². The van der Waals surface area contributed by atoms with Gasteiger partial charge in [0.2, 0.25) is 0 Å². The normalized spacial score (nSPS) is 10.6. The Kier molecular flexibility index (Phi) is 4.07. The lowest BCUT2D eigenvalue weighted by atomic mass is 9.96.